The van der Waals surface area contributed by atoms with Crippen LogP contribution in [0.4, 0.5) is 0 Å². The van der Waals surface area contributed by atoms with Crippen molar-refractivity contribution in [3.63, 3.8) is 0 Å². The summed E-state index contributed by atoms with van der Waals surface area (Å²) in [5, 5.41) is 6.70. The number of ether oxygens (including phenoxy) is 1. The van der Waals surface area contributed by atoms with Gasteiger partial charge in [-0.05, 0) is 18.0 Å². The van der Waals surface area contributed by atoms with Crippen molar-refractivity contribution in [3.8, 4) is 5.88 Å². The predicted octanol–water partition coefficient (Wildman–Crippen LogP) is 0.784. The van der Waals surface area contributed by atoms with Crippen molar-refractivity contribution in [3.05, 3.63) is 11.8 Å². The van der Waals surface area contributed by atoms with E-state index in [2.05, 4.69) is 15.4 Å². The van der Waals surface area contributed by atoms with E-state index in [9.17, 15) is 4.79 Å². The van der Waals surface area contributed by atoms with Gasteiger partial charge in [0.1, 0.15) is 0 Å². The topological polar surface area (TPSA) is 67.6 Å². The van der Waals surface area contributed by atoms with Crippen LogP contribution in [0.1, 0.15) is 25.5 Å². The monoisotopic (exact) mass is 253 g/mol. The summed E-state index contributed by atoms with van der Waals surface area (Å²) in [4.78, 5) is 14.0. The lowest BCUT2D eigenvalue weighted by atomic mass is 10.1. The van der Waals surface area contributed by atoms with E-state index >= 15 is 0 Å². The highest BCUT2D eigenvalue weighted by Crippen LogP contribution is 2.17. The average molecular weight is 253 g/mol. The average Bonchev–Trinajstić information content (AvgIpc) is 2.75. The molecule has 2 heterocycles. The van der Waals surface area contributed by atoms with E-state index in [0.717, 1.165) is 31.7 Å². The van der Waals surface area contributed by atoms with Crippen LogP contribution < -0.4 is 10.1 Å². The number of hydrogen-bond donors (Lipinski definition) is 1. The second kappa shape index (κ2) is 5.86. The number of nitrogens with one attached hydrogen (secondary N) is 1. The molecule has 0 saturated carbocycles. The van der Waals surface area contributed by atoms with Gasteiger partial charge in [0.2, 0.25) is 5.91 Å². The summed E-state index contributed by atoms with van der Waals surface area (Å²) in [5.41, 5.74) is 0. The Morgan fingerprint density at radius 1 is 1.67 bits per heavy atom. The van der Waals surface area contributed by atoms with Gasteiger partial charge in [0.15, 0.2) is 5.76 Å². The molecule has 1 fully saturated rings. The maximum atomic E-state index is 11.9. The highest BCUT2D eigenvalue weighted by Gasteiger charge is 2.27. The Kier molecular flexibility index (Phi) is 4.19. The Bertz CT molecular complexity index is 405. The summed E-state index contributed by atoms with van der Waals surface area (Å²) in [6, 6.07) is 1.67. The van der Waals surface area contributed by atoms with E-state index in [1.54, 1.807) is 13.2 Å². The van der Waals surface area contributed by atoms with E-state index in [1.165, 1.54) is 0 Å². The zero-order chi connectivity index (χ0) is 13.0. The lowest BCUT2D eigenvalue weighted by Gasteiger charge is -2.25. The molecular formula is C12H19N3O3. The van der Waals surface area contributed by atoms with E-state index in [0.29, 0.717) is 12.4 Å². The smallest absolute Gasteiger partial charge is 0.254 e. The van der Waals surface area contributed by atoms with Crippen molar-refractivity contribution in [2.75, 3.05) is 20.2 Å². The molecule has 0 radical (unpaired) electrons. The molecule has 2 rings (SSSR count). The molecule has 6 nitrogen and oxygen atoms in total. The SMILES string of the molecule is CC[C@H]1C(=O)NCCCN1Cc1cc(OC)no1. The first-order valence-electron chi connectivity index (χ1n) is 6.26. The zero-order valence-corrected chi connectivity index (χ0v) is 10.8. The summed E-state index contributed by atoms with van der Waals surface area (Å²) in [5.74, 6) is 1.29. The second-order valence-electron chi connectivity index (χ2n) is 4.37. The van der Waals surface area contributed by atoms with Crippen LogP contribution in [0.25, 0.3) is 0 Å². The van der Waals surface area contributed by atoms with Crippen molar-refractivity contribution in [2.45, 2.75) is 32.4 Å². The van der Waals surface area contributed by atoms with Crippen LogP contribution in [0.15, 0.2) is 10.6 Å². The number of hydrogen-bond acceptors (Lipinski definition) is 5. The predicted molar refractivity (Wildman–Crippen MR) is 65.2 cm³/mol. The molecule has 0 bridgehead atoms. The number of nitrogens with zero attached hydrogens (tertiary/aromatic N) is 2. The van der Waals surface area contributed by atoms with Crippen LogP contribution in [0.5, 0.6) is 5.88 Å². The molecule has 18 heavy (non-hydrogen) atoms. The van der Waals surface area contributed by atoms with E-state index in [-0.39, 0.29) is 11.9 Å². The highest BCUT2D eigenvalue weighted by atomic mass is 16.5. The van der Waals surface area contributed by atoms with Crippen molar-refractivity contribution < 1.29 is 14.1 Å². The largest absolute Gasteiger partial charge is 0.479 e. The van der Waals surface area contributed by atoms with E-state index in [4.69, 9.17) is 9.26 Å². The Hall–Kier alpha value is -1.56. The molecule has 6 heteroatoms. The third kappa shape index (κ3) is 2.81. The molecule has 0 aliphatic carbocycles. The van der Waals surface area contributed by atoms with Gasteiger partial charge in [-0.2, -0.15) is 0 Å². The Morgan fingerprint density at radius 2 is 2.50 bits per heavy atom. The first-order chi connectivity index (χ1) is 8.74. The molecule has 1 N–H and O–H groups in total. The summed E-state index contributed by atoms with van der Waals surface area (Å²) in [6.07, 6.45) is 1.74. The second-order valence-corrected chi connectivity index (χ2v) is 4.37. The molecule has 1 atom stereocenters. The van der Waals surface area contributed by atoms with Crippen LogP contribution in [-0.2, 0) is 11.3 Å². The van der Waals surface area contributed by atoms with Crippen LogP contribution in [0, 0.1) is 0 Å². The molecule has 1 aliphatic heterocycles. The molecular weight excluding hydrogens is 234 g/mol. The number of carbonyl (C=O) groups is 1. The number of carbonyl (C=O) groups excluding carboxylic acids is 1. The third-order valence-electron chi connectivity index (χ3n) is 3.16. The molecule has 1 aromatic heterocycles. The summed E-state index contributed by atoms with van der Waals surface area (Å²) >= 11 is 0. The first kappa shape index (κ1) is 12.9. The minimum absolute atomic E-state index is 0.0939. The molecule has 0 aromatic carbocycles. The maximum absolute atomic E-state index is 11.9. The summed E-state index contributed by atoms with van der Waals surface area (Å²) < 4.78 is 10.2. The zero-order valence-electron chi connectivity index (χ0n) is 10.8. The standard InChI is InChI=1S/C12H19N3O3/c1-3-10-12(16)13-5-4-6-15(10)8-9-7-11(17-2)14-18-9/h7,10H,3-6,8H2,1-2H3,(H,13,16)/t10-/m0/s1. The van der Waals surface area contributed by atoms with Crippen LogP contribution in [0.3, 0.4) is 0 Å². The van der Waals surface area contributed by atoms with Crippen molar-refractivity contribution in [2.24, 2.45) is 0 Å². The molecule has 100 valence electrons. The van der Waals surface area contributed by atoms with Crippen molar-refractivity contribution in [1.82, 2.24) is 15.4 Å². The van der Waals surface area contributed by atoms with Gasteiger partial charge >= 0.3 is 0 Å². The molecule has 0 spiro atoms. The van der Waals surface area contributed by atoms with Gasteiger partial charge in [0.05, 0.1) is 19.7 Å². The van der Waals surface area contributed by atoms with Crippen LogP contribution in [0.2, 0.25) is 0 Å². The Balaban J connectivity index is 2.06. The third-order valence-corrected chi connectivity index (χ3v) is 3.16. The maximum Gasteiger partial charge on any atom is 0.254 e. The molecule has 1 amide bonds. The summed E-state index contributed by atoms with van der Waals surface area (Å²) in [6.45, 7) is 4.22. The fourth-order valence-electron chi connectivity index (χ4n) is 2.23. The van der Waals surface area contributed by atoms with Gasteiger partial charge in [0.25, 0.3) is 5.88 Å². The Morgan fingerprint density at radius 3 is 3.17 bits per heavy atom. The fourth-order valence-corrected chi connectivity index (χ4v) is 2.23. The van der Waals surface area contributed by atoms with Gasteiger partial charge < -0.3 is 14.6 Å². The van der Waals surface area contributed by atoms with Gasteiger partial charge in [-0.25, -0.2) is 0 Å². The lowest BCUT2D eigenvalue weighted by molar-refractivity contribution is -0.125. The Labute approximate surface area is 106 Å². The van der Waals surface area contributed by atoms with Gasteiger partial charge in [-0.1, -0.05) is 6.92 Å². The van der Waals surface area contributed by atoms with E-state index in [1.807, 2.05) is 6.92 Å². The normalized spacial score (nSPS) is 21.4. The van der Waals surface area contributed by atoms with E-state index < -0.39 is 0 Å². The minimum Gasteiger partial charge on any atom is -0.479 e. The number of amides is 1. The number of methoxy groups -OCH3 is 1. The minimum atomic E-state index is -0.0939. The van der Waals surface area contributed by atoms with Crippen LogP contribution in [-0.4, -0.2) is 42.2 Å². The lowest BCUT2D eigenvalue weighted by Crippen LogP contribution is -2.43. The molecule has 1 aliphatic rings. The first-order valence-corrected chi connectivity index (χ1v) is 6.26. The number of aromatic nitrogens is 1. The molecule has 1 aromatic rings. The number of rotatable bonds is 4. The van der Waals surface area contributed by atoms with Crippen LogP contribution >= 0.6 is 0 Å². The fraction of sp³-hybridized carbons (Fsp3) is 0.667. The molecule has 0 unspecified atom stereocenters. The summed E-state index contributed by atoms with van der Waals surface area (Å²) in [7, 11) is 1.55. The molecule has 1 saturated heterocycles. The van der Waals surface area contributed by atoms with Crippen molar-refractivity contribution >= 4 is 5.91 Å². The van der Waals surface area contributed by atoms with Gasteiger partial charge in [0, 0.05) is 19.2 Å². The van der Waals surface area contributed by atoms with Gasteiger partial charge in [-0.15, -0.1) is 0 Å². The van der Waals surface area contributed by atoms with Gasteiger partial charge in [-0.3, -0.25) is 9.69 Å². The van der Waals surface area contributed by atoms with Crippen molar-refractivity contribution in [1.29, 1.82) is 0 Å². The quantitative estimate of drug-likeness (QED) is 0.859. The highest BCUT2D eigenvalue weighted by molar-refractivity contribution is 5.81.